The van der Waals surface area contributed by atoms with Gasteiger partial charge in [0, 0.05) is 10.0 Å². The van der Waals surface area contributed by atoms with E-state index in [1.54, 1.807) is 25.3 Å². The maximum atomic E-state index is 12.3. The molecule has 102 valence electrons. The quantitative estimate of drug-likeness (QED) is 0.828. The first kappa shape index (κ1) is 13.2. The van der Waals surface area contributed by atoms with Gasteiger partial charge in [0.2, 0.25) is 0 Å². The summed E-state index contributed by atoms with van der Waals surface area (Å²) in [6.07, 6.45) is 0.0851. The SMILES string of the molecule is COc1ccc2c(c1)C(=O)CC(c1ccccc1Br)O2. The van der Waals surface area contributed by atoms with Crippen LogP contribution in [0.2, 0.25) is 0 Å². The molecular weight excluding hydrogens is 320 g/mol. The van der Waals surface area contributed by atoms with Crippen molar-refractivity contribution in [3.63, 3.8) is 0 Å². The van der Waals surface area contributed by atoms with Crippen LogP contribution in [0.15, 0.2) is 46.9 Å². The van der Waals surface area contributed by atoms with E-state index in [0.29, 0.717) is 23.5 Å². The van der Waals surface area contributed by atoms with Crippen LogP contribution in [0.4, 0.5) is 0 Å². The van der Waals surface area contributed by atoms with Gasteiger partial charge in [0.05, 0.1) is 19.1 Å². The Morgan fingerprint density at radius 3 is 2.80 bits per heavy atom. The first-order valence-corrected chi connectivity index (χ1v) is 7.10. The van der Waals surface area contributed by atoms with Crippen LogP contribution in [0.1, 0.15) is 28.4 Å². The van der Waals surface area contributed by atoms with Crippen LogP contribution in [0.25, 0.3) is 0 Å². The molecule has 0 saturated heterocycles. The molecule has 3 rings (SSSR count). The molecule has 0 N–H and O–H groups in total. The number of hydrogen-bond acceptors (Lipinski definition) is 3. The normalized spacial score (nSPS) is 17.3. The van der Waals surface area contributed by atoms with Crippen molar-refractivity contribution in [1.29, 1.82) is 0 Å². The van der Waals surface area contributed by atoms with Crippen molar-refractivity contribution in [2.24, 2.45) is 0 Å². The van der Waals surface area contributed by atoms with Gasteiger partial charge in [-0.1, -0.05) is 34.1 Å². The van der Waals surface area contributed by atoms with Gasteiger partial charge in [0.25, 0.3) is 0 Å². The van der Waals surface area contributed by atoms with Crippen molar-refractivity contribution < 1.29 is 14.3 Å². The van der Waals surface area contributed by atoms with Crippen molar-refractivity contribution in [3.05, 3.63) is 58.1 Å². The van der Waals surface area contributed by atoms with Gasteiger partial charge in [0.15, 0.2) is 5.78 Å². The smallest absolute Gasteiger partial charge is 0.170 e. The summed E-state index contributed by atoms with van der Waals surface area (Å²) in [5.74, 6) is 1.36. The van der Waals surface area contributed by atoms with Crippen molar-refractivity contribution in [1.82, 2.24) is 0 Å². The summed E-state index contributed by atoms with van der Waals surface area (Å²) < 4.78 is 12.1. The van der Waals surface area contributed by atoms with E-state index in [-0.39, 0.29) is 11.9 Å². The van der Waals surface area contributed by atoms with Crippen LogP contribution >= 0.6 is 15.9 Å². The Hall–Kier alpha value is -1.81. The molecule has 2 aromatic carbocycles. The van der Waals surface area contributed by atoms with Crippen LogP contribution in [-0.4, -0.2) is 12.9 Å². The van der Waals surface area contributed by atoms with Gasteiger partial charge in [-0.2, -0.15) is 0 Å². The highest BCUT2D eigenvalue weighted by Crippen LogP contribution is 2.38. The molecule has 0 radical (unpaired) electrons. The third-order valence-corrected chi connectivity index (χ3v) is 4.10. The number of rotatable bonds is 2. The van der Waals surface area contributed by atoms with Gasteiger partial charge in [-0.05, 0) is 24.3 Å². The Kier molecular flexibility index (Phi) is 3.49. The van der Waals surface area contributed by atoms with Gasteiger partial charge in [0.1, 0.15) is 17.6 Å². The Balaban J connectivity index is 1.97. The zero-order valence-corrected chi connectivity index (χ0v) is 12.5. The predicted octanol–water partition coefficient (Wildman–Crippen LogP) is 4.16. The number of hydrogen-bond donors (Lipinski definition) is 0. The summed E-state index contributed by atoms with van der Waals surface area (Å²) in [6.45, 7) is 0. The maximum absolute atomic E-state index is 12.3. The second-order valence-electron chi connectivity index (χ2n) is 4.62. The lowest BCUT2D eigenvalue weighted by molar-refractivity contribution is 0.0848. The van der Waals surface area contributed by atoms with Gasteiger partial charge in [-0.15, -0.1) is 0 Å². The summed E-state index contributed by atoms with van der Waals surface area (Å²) in [4.78, 5) is 12.3. The summed E-state index contributed by atoms with van der Waals surface area (Å²) in [6, 6.07) is 13.1. The minimum absolute atomic E-state index is 0.0749. The first-order chi connectivity index (χ1) is 9.69. The van der Waals surface area contributed by atoms with Crippen molar-refractivity contribution in [3.8, 4) is 11.5 Å². The van der Waals surface area contributed by atoms with Crippen molar-refractivity contribution in [2.75, 3.05) is 7.11 Å². The largest absolute Gasteiger partial charge is 0.497 e. The van der Waals surface area contributed by atoms with Crippen molar-refractivity contribution >= 4 is 21.7 Å². The van der Waals surface area contributed by atoms with Crippen LogP contribution in [0.3, 0.4) is 0 Å². The van der Waals surface area contributed by atoms with E-state index >= 15 is 0 Å². The van der Waals surface area contributed by atoms with Crippen LogP contribution in [-0.2, 0) is 0 Å². The fraction of sp³-hybridized carbons (Fsp3) is 0.188. The average molecular weight is 333 g/mol. The molecule has 1 aliphatic rings. The van der Waals surface area contributed by atoms with E-state index in [4.69, 9.17) is 9.47 Å². The second kappa shape index (κ2) is 5.29. The zero-order valence-electron chi connectivity index (χ0n) is 10.9. The van der Waals surface area contributed by atoms with Crippen molar-refractivity contribution in [2.45, 2.75) is 12.5 Å². The molecule has 0 aromatic heterocycles. The lowest BCUT2D eigenvalue weighted by atomic mass is 9.96. The molecule has 20 heavy (non-hydrogen) atoms. The lowest BCUT2D eigenvalue weighted by Crippen LogP contribution is -2.20. The monoisotopic (exact) mass is 332 g/mol. The minimum Gasteiger partial charge on any atom is -0.497 e. The van der Waals surface area contributed by atoms with Crippen LogP contribution in [0, 0.1) is 0 Å². The number of Topliss-reactive ketones (excluding diaryl/α,β-unsaturated/α-hetero) is 1. The van der Waals surface area contributed by atoms with E-state index < -0.39 is 0 Å². The van der Waals surface area contributed by atoms with Gasteiger partial charge >= 0.3 is 0 Å². The summed E-state index contributed by atoms with van der Waals surface area (Å²) in [5, 5.41) is 0. The molecule has 0 aliphatic carbocycles. The first-order valence-electron chi connectivity index (χ1n) is 6.31. The molecule has 1 heterocycles. The maximum Gasteiger partial charge on any atom is 0.170 e. The molecular formula is C16H13BrO3. The summed E-state index contributed by atoms with van der Waals surface area (Å²) >= 11 is 3.50. The van der Waals surface area contributed by atoms with E-state index in [2.05, 4.69) is 15.9 Å². The third-order valence-electron chi connectivity index (χ3n) is 3.38. The number of carbonyl (C=O) groups is 1. The number of carbonyl (C=O) groups excluding carboxylic acids is 1. The number of ether oxygens (including phenoxy) is 2. The van der Waals surface area contributed by atoms with Crippen LogP contribution < -0.4 is 9.47 Å². The van der Waals surface area contributed by atoms with E-state index in [1.165, 1.54) is 0 Å². The van der Waals surface area contributed by atoms with E-state index in [9.17, 15) is 4.79 Å². The number of ketones is 1. The van der Waals surface area contributed by atoms with Gasteiger partial charge in [-0.3, -0.25) is 4.79 Å². The third kappa shape index (κ3) is 2.31. The van der Waals surface area contributed by atoms with Gasteiger partial charge < -0.3 is 9.47 Å². The fourth-order valence-corrected chi connectivity index (χ4v) is 2.88. The zero-order chi connectivity index (χ0) is 14.1. The number of halogens is 1. The highest BCUT2D eigenvalue weighted by Gasteiger charge is 2.29. The molecule has 0 fully saturated rings. The Labute approximate surface area is 125 Å². The van der Waals surface area contributed by atoms with E-state index in [1.807, 2.05) is 24.3 Å². The molecule has 0 spiro atoms. The second-order valence-corrected chi connectivity index (χ2v) is 5.47. The number of benzene rings is 2. The van der Waals surface area contributed by atoms with Gasteiger partial charge in [-0.25, -0.2) is 0 Å². The molecule has 1 unspecified atom stereocenters. The molecule has 3 nitrogen and oxygen atoms in total. The predicted molar refractivity (Wildman–Crippen MR) is 79.5 cm³/mol. The molecule has 2 aromatic rings. The number of fused-ring (bicyclic) bond motifs is 1. The standard InChI is InChI=1S/C16H13BrO3/c1-19-10-6-7-15-12(8-10)14(18)9-16(20-15)11-4-2-3-5-13(11)17/h2-8,16H,9H2,1H3. The molecule has 0 amide bonds. The molecule has 0 bridgehead atoms. The fourth-order valence-electron chi connectivity index (χ4n) is 2.34. The Morgan fingerprint density at radius 2 is 2.05 bits per heavy atom. The highest BCUT2D eigenvalue weighted by molar-refractivity contribution is 9.10. The summed E-state index contributed by atoms with van der Waals surface area (Å²) in [5.41, 5.74) is 1.58. The molecule has 0 saturated carbocycles. The molecule has 1 atom stereocenters. The average Bonchev–Trinajstić information content (AvgIpc) is 2.47. The summed E-state index contributed by atoms with van der Waals surface area (Å²) in [7, 11) is 1.58. The Morgan fingerprint density at radius 1 is 1.25 bits per heavy atom. The van der Waals surface area contributed by atoms with E-state index in [0.717, 1.165) is 10.0 Å². The highest BCUT2D eigenvalue weighted by atomic mass is 79.9. The minimum atomic E-state index is -0.251. The van der Waals surface area contributed by atoms with Crippen LogP contribution in [0.5, 0.6) is 11.5 Å². The number of methoxy groups -OCH3 is 1. The lowest BCUT2D eigenvalue weighted by Gasteiger charge is -2.26. The molecule has 4 heteroatoms. The Bertz CT molecular complexity index is 667. The topological polar surface area (TPSA) is 35.5 Å². The molecule has 1 aliphatic heterocycles.